The van der Waals surface area contributed by atoms with Crippen molar-refractivity contribution in [3.63, 3.8) is 0 Å². The first-order valence-corrected chi connectivity index (χ1v) is 10.0. The fraction of sp³-hybridized carbons (Fsp3) is 0.304. The molecule has 2 aromatic carbocycles. The van der Waals surface area contributed by atoms with E-state index >= 15 is 0 Å². The molecule has 2 aromatic rings. The number of hydrogen-bond donors (Lipinski definition) is 1. The van der Waals surface area contributed by atoms with Crippen LogP contribution in [0.1, 0.15) is 22.8 Å². The normalized spacial score (nSPS) is 15.5. The van der Waals surface area contributed by atoms with Gasteiger partial charge in [0.05, 0.1) is 36.6 Å². The number of rotatable bonds is 5. The highest BCUT2D eigenvalue weighted by Gasteiger charge is 2.24. The molecule has 1 fully saturated rings. The van der Waals surface area contributed by atoms with Crippen LogP contribution in [0.3, 0.4) is 0 Å². The average molecular weight is 408 g/mol. The second-order valence-corrected chi connectivity index (χ2v) is 6.97. The molecule has 0 radical (unpaired) electrons. The summed E-state index contributed by atoms with van der Waals surface area (Å²) < 4.78 is 16.7. The minimum absolute atomic E-state index is 0.116. The number of anilines is 1. The maximum Gasteiger partial charge on any atom is 0.256 e. The van der Waals surface area contributed by atoms with E-state index in [0.29, 0.717) is 61.2 Å². The summed E-state index contributed by atoms with van der Waals surface area (Å²) in [5.74, 6) is 0.880. The molecule has 156 valence electrons. The van der Waals surface area contributed by atoms with Gasteiger partial charge in [-0.05, 0) is 31.2 Å². The van der Waals surface area contributed by atoms with Crippen LogP contribution < -0.4 is 14.8 Å². The lowest BCUT2D eigenvalue weighted by molar-refractivity contribution is -0.113. The van der Waals surface area contributed by atoms with Gasteiger partial charge in [-0.2, -0.15) is 0 Å². The molecule has 7 nitrogen and oxygen atoms in total. The Labute approximate surface area is 175 Å². The number of hydrogen-bond acceptors (Lipinski definition) is 5. The zero-order valence-corrected chi connectivity index (χ0v) is 16.8. The second kappa shape index (κ2) is 9.00. The van der Waals surface area contributed by atoms with E-state index in [0.717, 1.165) is 5.56 Å². The summed E-state index contributed by atoms with van der Waals surface area (Å²) in [6.45, 7) is 4.69. The Morgan fingerprint density at radius 3 is 2.70 bits per heavy atom. The van der Waals surface area contributed by atoms with Crippen molar-refractivity contribution in [2.75, 3.05) is 44.8 Å². The molecule has 0 spiro atoms. The summed E-state index contributed by atoms with van der Waals surface area (Å²) in [5.41, 5.74) is 2.21. The molecule has 1 N–H and O–H groups in total. The Hall–Kier alpha value is -3.32. The van der Waals surface area contributed by atoms with Gasteiger partial charge in [0.1, 0.15) is 6.61 Å². The van der Waals surface area contributed by atoms with Crippen molar-refractivity contribution in [3.05, 3.63) is 59.2 Å². The third kappa shape index (κ3) is 4.16. The molecule has 0 bridgehead atoms. The van der Waals surface area contributed by atoms with Crippen molar-refractivity contribution in [2.45, 2.75) is 6.92 Å². The van der Waals surface area contributed by atoms with Gasteiger partial charge in [0.2, 0.25) is 0 Å². The minimum Gasteiger partial charge on any atom is -0.490 e. The van der Waals surface area contributed by atoms with Crippen LogP contribution in [0.2, 0.25) is 0 Å². The van der Waals surface area contributed by atoms with Gasteiger partial charge in [-0.25, -0.2) is 0 Å². The quantitative estimate of drug-likeness (QED) is 0.823. The van der Waals surface area contributed by atoms with E-state index < -0.39 is 0 Å². The molecule has 2 amide bonds. The zero-order chi connectivity index (χ0) is 20.9. The fourth-order valence-electron chi connectivity index (χ4n) is 3.50. The number of morpholine rings is 1. The minimum atomic E-state index is -0.301. The standard InChI is InChI=1S/C23H24N2O5/c1-2-29-20-9-5-6-16-14-17(15-30-21(16)20)22(26)24-19-8-4-3-7-18(19)23(27)25-10-12-28-13-11-25/h3-9,14H,2,10-13,15H2,1H3,(H,24,26). The lowest BCUT2D eigenvalue weighted by atomic mass is 10.1. The summed E-state index contributed by atoms with van der Waals surface area (Å²) in [6.07, 6.45) is 1.79. The van der Waals surface area contributed by atoms with Crippen molar-refractivity contribution in [3.8, 4) is 11.5 Å². The van der Waals surface area contributed by atoms with E-state index in [4.69, 9.17) is 14.2 Å². The SMILES string of the molecule is CCOc1cccc2c1OCC(C(=O)Nc1ccccc1C(=O)N1CCOCC1)=C2. The molecule has 0 aliphatic carbocycles. The number of nitrogens with one attached hydrogen (secondary N) is 1. The Balaban J connectivity index is 1.54. The smallest absolute Gasteiger partial charge is 0.256 e. The molecule has 30 heavy (non-hydrogen) atoms. The summed E-state index contributed by atoms with van der Waals surface area (Å²) >= 11 is 0. The second-order valence-electron chi connectivity index (χ2n) is 6.97. The lowest BCUT2D eigenvalue weighted by Gasteiger charge is -2.27. The molecule has 0 saturated carbocycles. The molecule has 0 aromatic heterocycles. The summed E-state index contributed by atoms with van der Waals surface area (Å²) in [7, 11) is 0. The van der Waals surface area contributed by atoms with Crippen molar-refractivity contribution in [2.24, 2.45) is 0 Å². The third-order valence-electron chi connectivity index (χ3n) is 5.01. The Morgan fingerprint density at radius 1 is 1.10 bits per heavy atom. The highest BCUT2D eigenvalue weighted by atomic mass is 16.5. The summed E-state index contributed by atoms with van der Waals surface area (Å²) in [4.78, 5) is 27.5. The first kappa shape index (κ1) is 20.0. The van der Waals surface area contributed by atoms with E-state index in [9.17, 15) is 9.59 Å². The highest BCUT2D eigenvalue weighted by molar-refractivity contribution is 6.11. The maximum absolute atomic E-state index is 12.9. The van der Waals surface area contributed by atoms with E-state index in [-0.39, 0.29) is 18.4 Å². The number of amides is 2. The molecule has 2 heterocycles. The van der Waals surface area contributed by atoms with Crippen molar-refractivity contribution in [1.29, 1.82) is 0 Å². The Kier molecular flexibility index (Phi) is 5.99. The van der Waals surface area contributed by atoms with Gasteiger partial charge in [-0.15, -0.1) is 0 Å². The first-order chi connectivity index (χ1) is 14.7. The van der Waals surface area contributed by atoms with Gasteiger partial charge < -0.3 is 24.4 Å². The van der Waals surface area contributed by atoms with Crippen LogP contribution in [0.15, 0.2) is 48.0 Å². The van der Waals surface area contributed by atoms with Crippen molar-refractivity contribution < 1.29 is 23.8 Å². The van der Waals surface area contributed by atoms with Crippen LogP contribution in [0.5, 0.6) is 11.5 Å². The molecule has 0 atom stereocenters. The van der Waals surface area contributed by atoms with Gasteiger partial charge in [-0.1, -0.05) is 24.3 Å². The zero-order valence-electron chi connectivity index (χ0n) is 16.8. The predicted molar refractivity (Wildman–Crippen MR) is 113 cm³/mol. The van der Waals surface area contributed by atoms with Gasteiger partial charge in [0, 0.05) is 18.7 Å². The number of nitrogens with zero attached hydrogens (tertiary/aromatic N) is 1. The van der Waals surface area contributed by atoms with E-state index in [1.165, 1.54) is 0 Å². The predicted octanol–water partition coefficient (Wildman–Crippen LogP) is 2.97. The summed E-state index contributed by atoms with van der Waals surface area (Å²) in [5, 5.41) is 2.87. The lowest BCUT2D eigenvalue weighted by Crippen LogP contribution is -2.41. The first-order valence-electron chi connectivity index (χ1n) is 10.0. The highest BCUT2D eigenvalue weighted by Crippen LogP contribution is 2.36. The van der Waals surface area contributed by atoms with Crippen LogP contribution >= 0.6 is 0 Å². The Bertz CT molecular complexity index is 979. The van der Waals surface area contributed by atoms with E-state index in [2.05, 4.69) is 5.32 Å². The molecule has 1 saturated heterocycles. The van der Waals surface area contributed by atoms with Gasteiger partial charge in [-0.3, -0.25) is 9.59 Å². The topological polar surface area (TPSA) is 77.1 Å². The van der Waals surface area contributed by atoms with Crippen molar-refractivity contribution >= 4 is 23.6 Å². The molecule has 4 rings (SSSR count). The van der Waals surface area contributed by atoms with Crippen molar-refractivity contribution in [1.82, 2.24) is 4.90 Å². The van der Waals surface area contributed by atoms with E-state index in [1.54, 1.807) is 35.2 Å². The summed E-state index contributed by atoms with van der Waals surface area (Å²) in [6, 6.07) is 12.6. The number of para-hydroxylation sites is 2. The van der Waals surface area contributed by atoms with Crippen LogP contribution in [0, 0.1) is 0 Å². The Morgan fingerprint density at radius 2 is 1.90 bits per heavy atom. The van der Waals surface area contributed by atoms with Crippen LogP contribution in [-0.4, -0.2) is 56.2 Å². The van der Waals surface area contributed by atoms with Gasteiger partial charge >= 0.3 is 0 Å². The number of carbonyl (C=O) groups is 2. The third-order valence-corrected chi connectivity index (χ3v) is 5.01. The number of carbonyl (C=O) groups excluding carboxylic acids is 2. The number of ether oxygens (including phenoxy) is 3. The fourth-order valence-corrected chi connectivity index (χ4v) is 3.50. The van der Waals surface area contributed by atoms with Gasteiger partial charge in [0.25, 0.3) is 11.8 Å². The van der Waals surface area contributed by atoms with Crippen LogP contribution in [0.4, 0.5) is 5.69 Å². The van der Waals surface area contributed by atoms with E-state index in [1.807, 2.05) is 25.1 Å². The molecule has 2 aliphatic rings. The number of fused-ring (bicyclic) bond motifs is 1. The maximum atomic E-state index is 12.9. The molecule has 7 heteroatoms. The number of benzene rings is 2. The monoisotopic (exact) mass is 408 g/mol. The molecular formula is C23H24N2O5. The van der Waals surface area contributed by atoms with Crippen LogP contribution in [-0.2, 0) is 9.53 Å². The average Bonchev–Trinajstić information content (AvgIpc) is 2.79. The van der Waals surface area contributed by atoms with Gasteiger partial charge in [0.15, 0.2) is 11.5 Å². The van der Waals surface area contributed by atoms with Crippen LogP contribution in [0.25, 0.3) is 6.08 Å². The molecule has 0 unspecified atom stereocenters. The largest absolute Gasteiger partial charge is 0.490 e. The molecule has 2 aliphatic heterocycles. The molecular weight excluding hydrogens is 384 g/mol.